The van der Waals surface area contributed by atoms with Crippen molar-refractivity contribution < 1.29 is 9.53 Å². The van der Waals surface area contributed by atoms with Gasteiger partial charge in [-0.3, -0.25) is 4.79 Å². The third kappa shape index (κ3) is 5.24. The van der Waals surface area contributed by atoms with Crippen LogP contribution in [0, 0.1) is 0 Å². The lowest BCUT2D eigenvalue weighted by Gasteiger charge is -2.09. The number of anilines is 3. The molecule has 0 spiro atoms. The number of carbonyl (C=O) groups excluding carboxylic acids is 1. The van der Waals surface area contributed by atoms with Gasteiger partial charge in [-0.05, 0) is 43.2 Å². The Morgan fingerprint density at radius 2 is 2.00 bits per heavy atom. The Bertz CT molecular complexity index is 930. The van der Waals surface area contributed by atoms with Crippen molar-refractivity contribution in [3.05, 3.63) is 65.9 Å². The van der Waals surface area contributed by atoms with Gasteiger partial charge in [0.15, 0.2) is 11.6 Å². The zero-order chi connectivity index (χ0) is 19.1. The van der Waals surface area contributed by atoms with Crippen LogP contribution >= 0.6 is 0 Å². The van der Waals surface area contributed by atoms with Gasteiger partial charge in [-0.2, -0.15) is 10.1 Å². The van der Waals surface area contributed by atoms with Gasteiger partial charge in [-0.15, -0.1) is 5.10 Å². The highest BCUT2D eigenvalue weighted by atomic mass is 16.5. The minimum Gasteiger partial charge on any atom is -0.497 e. The number of benzene rings is 2. The number of ether oxygens (including phenoxy) is 1. The van der Waals surface area contributed by atoms with Gasteiger partial charge >= 0.3 is 0 Å². The zero-order valence-corrected chi connectivity index (χ0v) is 15.3. The minimum atomic E-state index is 0.0133. The maximum atomic E-state index is 11.5. The van der Waals surface area contributed by atoms with E-state index in [4.69, 9.17) is 4.74 Å². The molecule has 0 saturated carbocycles. The minimum absolute atomic E-state index is 0.0133. The summed E-state index contributed by atoms with van der Waals surface area (Å²) >= 11 is 0. The van der Waals surface area contributed by atoms with Crippen LogP contribution in [0.15, 0.2) is 54.7 Å². The standard InChI is InChI=1S/C20H21N5O2/c1-14(26)16-6-4-7-17(12-16)23-19-13-22-25-20(24-19)21-10-9-15-5-3-8-18(11-15)27-2/h3-8,11-13H,9-10H2,1-2H3,(H2,21,23,24,25). The van der Waals surface area contributed by atoms with E-state index in [0.29, 0.717) is 23.9 Å². The van der Waals surface area contributed by atoms with E-state index in [9.17, 15) is 4.79 Å². The van der Waals surface area contributed by atoms with Gasteiger partial charge < -0.3 is 15.4 Å². The molecule has 3 aromatic rings. The van der Waals surface area contributed by atoms with Crippen LogP contribution in [-0.2, 0) is 6.42 Å². The fraction of sp³-hybridized carbons (Fsp3) is 0.200. The Morgan fingerprint density at radius 1 is 1.15 bits per heavy atom. The van der Waals surface area contributed by atoms with Crippen LogP contribution in [0.2, 0.25) is 0 Å². The molecule has 0 radical (unpaired) electrons. The molecule has 7 nitrogen and oxygen atoms in total. The number of aromatic nitrogens is 3. The van der Waals surface area contributed by atoms with E-state index in [1.165, 1.54) is 13.1 Å². The number of Topliss-reactive ketones (excluding diaryl/α,β-unsaturated/α-hetero) is 1. The van der Waals surface area contributed by atoms with Gasteiger partial charge in [-0.1, -0.05) is 24.3 Å². The van der Waals surface area contributed by atoms with E-state index in [0.717, 1.165) is 23.4 Å². The van der Waals surface area contributed by atoms with E-state index in [2.05, 4.69) is 25.8 Å². The summed E-state index contributed by atoms with van der Waals surface area (Å²) in [7, 11) is 1.65. The van der Waals surface area contributed by atoms with E-state index in [1.54, 1.807) is 19.2 Å². The summed E-state index contributed by atoms with van der Waals surface area (Å²) in [5.41, 5.74) is 2.56. The molecule has 1 aromatic heterocycles. The summed E-state index contributed by atoms with van der Waals surface area (Å²) in [6.45, 7) is 2.20. The van der Waals surface area contributed by atoms with Crippen molar-refractivity contribution in [3.63, 3.8) is 0 Å². The Kier molecular flexibility index (Phi) is 5.94. The molecule has 7 heteroatoms. The van der Waals surface area contributed by atoms with Crippen molar-refractivity contribution in [2.45, 2.75) is 13.3 Å². The quantitative estimate of drug-likeness (QED) is 0.592. The maximum Gasteiger partial charge on any atom is 0.244 e. The van der Waals surface area contributed by atoms with Crippen molar-refractivity contribution >= 4 is 23.2 Å². The predicted octanol–water partition coefficient (Wildman–Crippen LogP) is 3.48. The first kappa shape index (κ1) is 18.3. The molecule has 0 atom stereocenters. The monoisotopic (exact) mass is 363 g/mol. The Hall–Kier alpha value is -3.48. The first-order chi connectivity index (χ1) is 13.1. The molecular weight excluding hydrogens is 342 g/mol. The van der Waals surface area contributed by atoms with Crippen LogP contribution in [-0.4, -0.2) is 34.6 Å². The molecule has 0 fully saturated rings. The van der Waals surface area contributed by atoms with E-state index >= 15 is 0 Å². The highest BCUT2D eigenvalue weighted by Gasteiger charge is 2.04. The maximum absolute atomic E-state index is 11.5. The SMILES string of the molecule is COc1cccc(CCNc2nncc(Nc3cccc(C(C)=O)c3)n2)c1. The third-order valence-electron chi connectivity index (χ3n) is 3.93. The summed E-state index contributed by atoms with van der Waals surface area (Å²) in [4.78, 5) is 15.9. The largest absolute Gasteiger partial charge is 0.497 e. The molecule has 0 saturated heterocycles. The molecule has 0 aliphatic rings. The topological polar surface area (TPSA) is 89.0 Å². The van der Waals surface area contributed by atoms with Crippen LogP contribution in [0.3, 0.4) is 0 Å². The number of nitrogens with zero attached hydrogens (tertiary/aromatic N) is 3. The summed E-state index contributed by atoms with van der Waals surface area (Å²) in [6.07, 6.45) is 2.34. The van der Waals surface area contributed by atoms with Crippen LogP contribution in [0.25, 0.3) is 0 Å². The highest BCUT2D eigenvalue weighted by molar-refractivity contribution is 5.95. The third-order valence-corrected chi connectivity index (χ3v) is 3.93. The molecule has 138 valence electrons. The number of rotatable bonds is 8. The van der Waals surface area contributed by atoms with Crippen molar-refractivity contribution in [1.82, 2.24) is 15.2 Å². The summed E-state index contributed by atoms with van der Waals surface area (Å²) < 4.78 is 5.23. The molecule has 0 amide bonds. The molecule has 27 heavy (non-hydrogen) atoms. The molecule has 0 aliphatic carbocycles. The van der Waals surface area contributed by atoms with Crippen LogP contribution in [0.1, 0.15) is 22.8 Å². The Morgan fingerprint density at radius 3 is 2.81 bits per heavy atom. The van der Waals surface area contributed by atoms with Crippen LogP contribution < -0.4 is 15.4 Å². The number of hydrogen-bond acceptors (Lipinski definition) is 7. The van der Waals surface area contributed by atoms with Crippen LogP contribution in [0.4, 0.5) is 17.5 Å². The first-order valence-corrected chi connectivity index (χ1v) is 8.58. The summed E-state index contributed by atoms with van der Waals surface area (Å²) in [5.74, 6) is 1.84. The highest BCUT2D eigenvalue weighted by Crippen LogP contribution is 2.17. The number of hydrogen-bond donors (Lipinski definition) is 2. The van der Waals surface area contributed by atoms with Gasteiger partial charge in [0.05, 0.1) is 13.3 Å². The number of carbonyl (C=O) groups is 1. The lowest BCUT2D eigenvalue weighted by Crippen LogP contribution is -2.09. The van der Waals surface area contributed by atoms with E-state index < -0.39 is 0 Å². The van der Waals surface area contributed by atoms with E-state index in [-0.39, 0.29) is 5.78 Å². The molecule has 0 unspecified atom stereocenters. The Balaban J connectivity index is 1.60. The first-order valence-electron chi connectivity index (χ1n) is 8.58. The van der Waals surface area contributed by atoms with Gasteiger partial charge in [-0.25, -0.2) is 0 Å². The number of ketones is 1. The van der Waals surface area contributed by atoms with Crippen molar-refractivity contribution in [2.75, 3.05) is 24.3 Å². The fourth-order valence-electron chi connectivity index (χ4n) is 2.55. The summed E-state index contributed by atoms with van der Waals surface area (Å²) in [5, 5.41) is 14.3. The van der Waals surface area contributed by atoms with E-state index in [1.807, 2.05) is 36.4 Å². The second kappa shape index (κ2) is 8.75. The second-order valence-corrected chi connectivity index (χ2v) is 5.96. The molecule has 3 rings (SSSR count). The molecule has 0 bridgehead atoms. The second-order valence-electron chi connectivity index (χ2n) is 5.96. The lowest BCUT2D eigenvalue weighted by molar-refractivity contribution is 0.101. The molecule has 2 N–H and O–H groups in total. The average molecular weight is 363 g/mol. The van der Waals surface area contributed by atoms with Gasteiger partial charge in [0.2, 0.25) is 5.95 Å². The molecular formula is C20H21N5O2. The predicted molar refractivity (Wildman–Crippen MR) is 105 cm³/mol. The normalized spacial score (nSPS) is 10.3. The van der Waals surface area contributed by atoms with Crippen molar-refractivity contribution in [3.8, 4) is 5.75 Å². The van der Waals surface area contributed by atoms with Gasteiger partial charge in [0.1, 0.15) is 5.75 Å². The number of nitrogens with one attached hydrogen (secondary N) is 2. The van der Waals surface area contributed by atoms with Crippen LogP contribution in [0.5, 0.6) is 5.75 Å². The molecule has 0 aliphatic heterocycles. The lowest BCUT2D eigenvalue weighted by atomic mass is 10.1. The average Bonchev–Trinajstić information content (AvgIpc) is 2.69. The molecule has 1 heterocycles. The van der Waals surface area contributed by atoms with Gasteiger partial charge in [0.25, 0.3) is 0 Å². The summed E-state index contributed by atoms with van der Waals surface area (Å²) in [6, 6.07) is 15.2. The fourth-order valence-corrected chi connectivity index (χ4v) is 2.55. The van der Waals surface area contributed by atoms with Crippen molar-refractivity contribution in [1.29, 1.82) is 0 Å². The zero-order valence-electron chi connectivity index (χ0n) is 15.3. The smallest absolute Gasteiger partial charge is 0.244 e. The Labute approximate surface area is 157 Å². The molecule has 2 aromatic carbocycles. The number of methoxy groups -OCH3 is 1. The van der Waals surface area contributed by atoms with Crippen molar-refractivity contribution in [2.24, 2.45) is 0 Å². The van der Waals surface area contributed by atoms with Gasteiger partial charge in [0, 0.05) is 17.8 Å².